The average molecular weight is 303 g/mol. The van der Waals surface area contributed by atoms with Gasteiger partial charge in [-0.3, -0.25) is 4.68 Å². The van der Waals surface area contributed by atoms with Crippen LogP contribution in [0, 0.1) is 11.8 Å². The number of aromatic nitrogens is 2. The predicted molar refractivity (Wildman–Crippen MR) is 86.8 cm³/mol. The monoisotopic (exact) mass is 303 g/mol. The lowest BCUT2D eigenvalue weighted by molar-refractivity contribution is 0.0927. The highest BCUT2D eigenvalue weighted by atomic mass is 16.5. The van der Waals surface area contributed by atoms with E-state index >= 15 is 0 Å². The van der Waals surface area contributed by atoms with Crippen LogP contribution in [0.4, 0.5) is 0 Å². The minimum absolute atomic E-state index is 0.497. The van der Waals surface area contributed by atoms with Crippen molar-refractivity contribution >= 4 is 0 Å². The maximum absolute atomic E-state index is 6.03. The van der Waals surface area contributed by atoms with Gasteiger partial charge in [0.2, 0.25) is 0 Å². The lowest BCUT2D eigenvalue weighted by atomic mass is 9.97. The van der Waals surface area contributed by atoms with Gasteiger partial charge in [-0.05, 0) is 44.6 Å². The van der Waals surface area contributed by atoms with Gasteiger partial charge >= 0.3 is 0 Å². The van der Waals surface area contributed by atoms with Crippen LogP contribution in [0.3, 0.4) is 0 Å². The maximum Gasteiger partial charge on any atom is 0.0562 e. The highest BCUT2D eigenvalue weighted by Crippen LogP contribution is 2.33. The Kier molecular flexibility index (Phi) is 4.23. The summed E-state index contributed by atoms with van der Waals surface area (Å²) in [5, 5.41) is 4.74. The number of hydrogen-bond donors (Lipinski definition) is 0. The van der Waals surface area contributed by atoms with Crippen molar-refractivity contribution in [3.8, 4) is 0 Å². The van der Waals surface area contributed by atoms with Crippen LogP contribution in [0.25, 0.3) is 0 Å². The van der Waals surface area contributed by atoms with E-state index in [1.54, 1.807) is 0 Å². The summed E-state index contributed by atoms with van der Waals surface area (Å²) in [6, 6.07) is 0. The van der Waals surface area contributed by atoms with Crippen LogP contribution in [-0.4, -0.2) is 41.5 Å². The van der Waals surface area contributed by atoms with Gasteiger partial charge in [0, 0.05) is 43.4 Å². The van der Waals surface area contributed by atoms with Crippen LogP contribution < -0.4 is 0 Å². The summed E-state index contributed by atoms with van der Waals surface area (Å²) in [7, 11) is 2.21. The van der Waals surface area contributed by atoms with Gasteiger partial charge in [-0.15, -0.1) is 0 Å². The van der Waals surface area contributed by atoms with Crippen molar-refractivity contribution in [1.82, 2.24) is 14.7 Å². The van der Waals surface area contributed by atoms with E-state index in [-0.39, 0.29) is 0 Å². The van der Waals surface area contributed by atoms with E-state index in [1.165, 1.54) is 49.8 Å². The third-order valence-corrected chi connectivity index (χ3v) is 5.59. The van der Waals surface area contributed by atoms with E-state index in [2.05, 4.69) is 22.8 Å². The molecule has 4 heteroatoms. The standard InChI is InChI=1S/C18H29N3O/c1-20-10-16-8-19-21(9-14-4-2-3-5-14)18(16)17(11-20)13-22-12-15-6-7-15/h8,14-15,17H,2-7,9-13H2,1H3. The van der Waals surface area contributed by atoms with E-state index < -0.39 is 0 Å². The molecule has 0 aromatic carbocycles. The molecule has 2 saturated carbocycles. The number of nitrogens with zero attached hydrogens (tertiary/aromatic N) is 3. The number of fused-ring (bicyclic) bond motifs is 1. The second-order valence-corrected chi connectivity index (χ2v) is 7.76. The molecule has 1 aromatic heterocycles. The molecular weight excluding hydrogens is 274 g/mol. The molecule has 2 fully saturated rings. The molecule has 0 saturated heterocycles. The molecule has 3 aliphatic rings. The summed E-state index contributed by atoms with van der Waals surface area (Å²) in [5.41, 5.74) is 2.90. The van der Waals surface area contributed by atoms with Crippen molar-refractivity contribution in [2.75, 3.05) is 26.8 Å². The average Bonchev–Trinajstić information content (AvgIpc) is 3.02. The van der Waals surface area contributed by atoms with Gasteiger partial charge in [0.1, 0.15) is 0 Å². The highest BCUT2D eigenvalue weighted by molar-refractivity contribution is 5.25. The zero-order valence-corrected chi connectivity index (χ0v) is 13.8. The molecule has 0 N–H and O–H groups in total. The summed E-state index contributed by atoms with van der Waals surface area (Å²) in [6.07, 6.45) is 10.4. The molecule has 2 heterocycles. The quantitative estimate of drug-likeness (QED) is 0.809. The van der Waals surface area contributed by atoms with Crippen molar-refractivity contribution in [2.24, 2.45) is 11.8 Å². The van der Waals surface area contributed by atoms with Crippen LogP contribution in [0.15, 0.2) is 6.20 Å². The van der Waals surface area contributed by atoms with Crippen molar-refractivity contribution < 1.29 is 4.74 Å². The zero-order chi connectivity index (χ0) is 14.9. The Labute approximate surface area is 133 Å². The molecule has 1 aromatic rings. The van der Waals surface area contributed by atoms with Crippen molar-refractivity contribution in [2.45, 2.75) is 57.5 Å². The Morgan fingerprint density at radius 2 is 1.95 bits per heavy atom. The van der Waals surface area contributed by atoms with Crippen molar-refractivity contribution in [3.63, 3.8) is 0 Å². The number of rotatable bonds is 6. The maximum atomic E-state index is 6.03. The Morgan fingerprint density at radius 3 is 2.73 bits per heavy atom. The number of hydrogen-bond acceptors (Lipinski definition) is 3. The molecular formula is C18H29N3O. The first-order valence-electron chi connectivity index (χ1n) is 9.10. The summed E-state index contributed by atoms with van der Waals surface area (Å²) < 4.78 is 8.35. The molecule has 122 valence electrons. The molecule has 0 spiro atoms. The van der Waals surface area contributed by atoms with Crippen molar-refractivity contribution in [1.29, 1.82) is 0 Å². The molecule has 1 atom stereocenters. The third kappa shape index (κ3) is 3.23. The van der Waals surface area contributed by atoms with E-state index in [0.29, 0.717) is 5.92 Å². The Bertz CT molecular complexity index is 502. The number of likely N-dealkylation sites (N-methyl/N-ethyl adjacent to an activating group) is 1. The summed E-state index contributed by atoms with van der Waals surface area (Å²) >= 11 is 0. The molecule has 4 nitrogen and oxygen atoms in total. The molecule has 1 aliphatic heterocycles. The van der Waals surface area contributed by atoms with Gasteiger partial charge in [0.05, 0.1) is 12.8 Å². The number of ether oxygens (including phenoxy) is 1. The van der Waals surface area contributed by atoms with Gasteiger partial charge in [0.15, 0.2) is 0 Å². The first-order valence-corrected chi connectivity index (χ1v) is 9.10. The fourth-order valence-corrected chi connectivity index (χ4v) is 4.22. The Hall–Kier alpha value is -0.870. The van der Waals surface area contributed by atoms with Gasteiger partial charge in [-0.1, -0.05) is 12.8 Å². The fourth-order valence-electron chi connectivity index (χ4n) is 4.22. The van der Waals surface area contributed by atoms with Gasteiger partial charge in [-0.25, -0.2) is 0 Å². The smallest absolute Gasteiger partial charge is 0.0562 e. The van der Waals surface area contributed by atoms with Crippen LogP contribution >= 0.6 is 0 Å². The molecule has 22 heavy (non-hydrogen) atoms. The summed E-state index contributed by atoms with van der Waals surface area (Å²) in [6.45, 7) is 5.10. The summed E-state index contributed by atoms with van der Waals surface area (Å²) in [5.74, 6) is 2.19. The second-order valence-electron chi connectivity index (χ2n) is 7.76. The normalized spacial score (nSPS) is 26.5. The first-order chi connectivity index (χ1) is 10.8. The highest BCUT2D eigenvalue weighted by Gasteiger charge is 2.30. The first kappa shape index (κ1) is 14.7. The minimum atomic E-state index is 0.497. The van der Waals surface area contributed by atoms with E-state index in [0.717, 1.165) is 44.7 Å². The van der Waals surface area contributed by atoms with Crippen molar-refractivity contribution in [3.05, 3.63) is 17.5 Å². The topological polar surface area (TPSA) is 30.3 Å². The third-order valence-electron chi connectivity index (χ3n) is 5.59. The Morgan fingerprint density at radius 1 is 1.14 bits per heavy atom. The van der Waals surface area contributed by atoms with E-state index in [4.69, 9.17) is 9.84 Å². The second kappa shape index (κ2) is 6.32. The molecule has 4 rings (SSSR count). The van der Waals surface area contributed by atoms with Gasteiger partial charge < -0.3 is 9.64 Å². The van der Waals surface area contributed by atoms with Crippen LogP contribution in [0.2, 0.25) is 0 Å². The zero-order valence-electron chi connectivity index (χ0n) is 13.8. The molecule has 0 amide bonds. The fraction of sp³-hybridized carbons (Fsp3) is 0.833. The lowest BCUT2D eigenvalue weighted by Crippen LogP contribution is -2.34. The van der Waals surface area contributed by atoms with Crippen LogP contribution in [0.5, 0.6) is 0 Å². The van der Waals surface area contributed by atoms with E-state index in [1.807, 2.05) is 0 Å². The van der Waals surface area contributed by atoms with Crippen LogP contribution in [0.1, 0.15) is 55.7 Å². The molecule has 0 radical (unpaired) electrons. The largest absolute Gasteiger partial charge is 0.380 e. The van der Waals surface area contributed by atoms with Gasteiger partial charge in [0.25, 0.3) is 0 Å². The predicted octanol–water partition coefficient (Wildman–Crippen LogP) is 3.03. The minimum Gasteiger partial charge on any atom is -0.380 e. The molecule has 2 aliphatic carbocycles. The lowest BCUT2D eigenvalue weighted by Gasteiger charge is -2.31. The SMILES string of the molecule is CN1Cc2cnn(CC3CCCC3)c2C(COCC2CC2)C1. The summed E-state index contributed by atoms with van der Waals surface area (Å²) in [4.78, 5) is 2.41. The molecule has 1 unspecified atom stereocenters. The van der Waals surface area contributed by atoms with Gasteiger partial charge in [-0.2, -0.15) is 5.10 Å². The van der Waals surface area contributed by atoms with E-state index in [9.17, 15) is 0 Å². The molecule has 0 bridgehead atoms. The Balaban J connectivity index is 1.46. The van der Waals surface area contributed by atoms with Crippen LogP contribution in [-0.2, 0) is 17.8 Å².